The van der Waals surface area contributed by atoms with E-state index in [0.29, 0.717) is 39.0 Å². The maximum Gasteiger partial charge on any atom is 0.407 e. The van der Waals surface area contributed by atoms with Crippen LogP contribution in [0.3, 0.4) is 0 Å². The van der Waals surface area contributed by atoms with Crippen molar-refractivity contribution in [3.05, 3.63) is 97.3 Å². The van der Waals surface area contributed by atoms with Crippen LogP contribution >= 0.6 is 22.7 Å². The molecule has 6 atom stereocenters. The van der Waals surface area contributed by atoms with Crippen molar-refractivity contribution in [1.82, 2.24) is 40.0 Å². The minimum absolute atomic E-state index is 0.133. The monoisotopic (exact) mass is 1120 g/mol. The zero-order valence-corrected chi connectivity index (χ0v) is 46.9. The number of unbranched alkanes of at least 4 members (excludes halogenated alkanes) is 2. The Kier molecular flexibility index (Phi) is 19.6. The fourth-order valence-corrected chi connectivity index (χ4v) is 12.9. The number of hydrogen-bond donors (Lipinski definition) is 6. The Morgan fingerprint density at radius 3 is 1.37 bits per heavy atom. The highest BCUT2D eigenvalue weighted by molar-refractivity contribution is 7.89. The number of rotatable bonds is 22. The van der Waals surface area contributed by atoms with E-state index in [0.717, 1.165) is 56.4 Å². The van der Waals surface area contributed by atoms with Crippen LogP contribution < -0.4 is 29.9 Å². The highest BCUT2D eigenvalue weighted by Crippen LogP contribution is 2.40. The van der Waals surface area contributed by atoms with E-state index >= 15 is 0 Å². The normalized spacial score (nSPS) is 18.8. The molecule has 0 saturated carbocycles. The van der Waals surface area contributed by atoms with E-state index in [9.17, 15) is 36.6 Å². The number of aliphatic hydroxyl groups excluding tert-OH is 2. The molecule has 412 valence electrons. The minimum Gasteiger partial charge on any atom is -0.444 e. The number of amides is 2. The fourth-order valence-electron chi connectivity index (χ4n) is 8.92. The standard InChI is InChI=1S/2C26H35N5O5S2/c2*1-4-5-10-18(20(32)15-28-38(34,35)23-13-8-9-14-27-23)30-25(33)36-22-16-31(17-26(22,2)3)24-29-19-11-6-7-12-21(19)37-24/h2*6-9,11-14,18,20,22,28,32H,4-5,10,15-17H2,1-3H3,(H,30,33)/t18-,20+,22+;18-,20-,22+/m00/s1. The second kappa shape index (κ2) is 25.7. The lowest BCUT2D eigenvalue weighted by Gasteiger charge is -2.28. The van der Waals surface area contributed by atoms with Gasteiger partial charge in [0.25, 0.3) is 20.0 Å². The highest BCUT2D eigenvalue weighted by atomic mass is 32.2. The van der Waals surface area contributed by atoms with Crippen molar-refractivity contribution in [2.24, 2.45) is 10.8 Å². The van der Waals surface area contributed by atoms with Gasteiger partial charge in [0.2, 0.25) is 0 Å². The number of aliphatic hydroxyl groups is 2. The number of carbonyl (C=O) groups excluding carboxylic acids is 2. The molecule has 6 heterocycles. The lowest BCUT2D eigenvalue weighted by molar-refractivity contribution is 0.0443. The predicted octanol–water partition coefficient (Wildman–Crippen LogP) is 7.06. The summed E-state index contributed by atoms with van der Waals surface area (Å²) in [5.74, 6) is 0. The number of para-hydroxylation sites is 2. The summed E-state index contributed by atoms with van der Waals surface area (Å²) in [7, 11) is -7.78. The van der Waals surface area contributed by atoms with Crippen molar-refractivity contribution in [2.45, 2.75) is 127 Å². The van der Waals surface area contributed by atoms with Crippen LogP contribution in [-0.2, 0) is 29.5 Å². The third-order valence-corrected chi connectivity index (χ3v) is 18.3. The summed E-state index contributed by atoms with van der Waals surface area (Å²) in [5, 5.41) is 28.6. The summed E-state index contributed by atoms with van der Waals surface area (Å²) < 4.78 is 68.7. The van der Waals surface area contributed by atoms with Crippen molar-refractivity contribution in [1.29, 1.82) is 0 Å². The maximum atomic E-state index is 12.9. The van der Waals surface area contributed by atoms with Crippen LogP contribution in [0.5, 0.6) is 0 Å². The van der Waals surface area contributed by atoms with Crippen molar-refractivity contribution in [3.8, 4) is 0 Å². The number of carbonyl (C=O) groups is 2. The van der Waals surface area contributed by atoms with Crippen molar-refractivity contribution >= 4 is 85.6 Å². The van der Waals surface area contributed by atoms with Crippen molar-refractivity contribution < 1.29 is 46.1 Å². The molecule has 76 heavy (non-hydrogen) atoms. The van der Waals surface area contributed by atoms with Crippen LogP contribution in [0.4, 0.5) is 19.9 Å². The van der Waals surface area contributed by atoms with Gasteiger partial charge in [-0.25, -0.2) is 55.8 Å². The van der Waals surface area contributed by atoms with Gasteiger partial charge in [0.05, 0.1) is 57.8 Å². The Morgan fingerprint density at radius 2 is 1.01 bits per heavy atom. The molecule has 6 aromatic rings. The van der Waals surface area contributed by atoms with Gasteiger partial charge in [-0.3, -0.25) is 0 Å². The van der Waals surface area contributed by atoms with Gasteiger partial charge in [0.15, 0.2) is 20.3 Å². The number of nitrogens with one attached hydrogen (secondary N) is 4. The molecule has 0 radical (unpaired) electrons. The van der Waals surface area contributed by atoms with Crippen molar-refractivity contribution in [3.63, 3.8) is 0 Å². The predicted molar refractivity (Wildman–Crippen MR) is 296 cm³/mol. The van der Waals surface area contributed by atoms with Crippen LogP contribution in [0.25, 0.3) is 20.4 Å². The molecule has 2 saturated heterocycles. The molecule has 2 aromatic carbocycles. The molecule has 0 spiro atoms. The summed E-state index contributed by atoms with van der Waals surface area (Å²) >= 11 is 3.22. The first-order valence-corrected chi connectivity index (χ1v) is 30.1. The van der Waals surface area contributed by atoms with E-state index < -0.39 is 56.5 Å². The van der Waals surface area contributed by atoms with Crippen LogP contribution in [0.15, 0.2) is 107 Å². The quantitative estimate of drug-likeness (QED) is 0.0397. The fraction of sp³-hybridized carbons (Fsp3) is 0.500. The molecular weight excluding hydrogens is 1050 g/mol. The maximum absolute atomic E-state index is 12.9. The summed E-state index contributed by atoms with van der Waals surface area (Å²) in [6, 6.07) is 23.7. The first-order chi connectivity index (χ1) is 36.2. The summed E-state index contributed by atoms with van der Waals surface area (Å²) in [6.07, 6.45) is 2.57. The molecule has 20 nitrogen and oxygen atoms in total. The van der Waals surface area contributed by atoms with Gasteiger partial charge < -0.3 is 40.1 Å². The molecule has 2 aliphatic rings. The first kappa shape index (κ1) is 58.1. The van der Waals surface area contributed by atoms with Crippen molar-refractivity contribution in [2.75, 3.05) is 49.1 Å². The summed E-state index contributed by atoms with van der Waals surface area (Å²) in [5.41, 5.74) is 1.26. The van der Waals surface area contributed by atoms with Gasteiger partial charge >= 0.3 is 12.2 Å². The molecule has 2 amide bonds. The SMILES string of the molecule is CCCC[C@H](NC(=O)O[C@@H]1CN(c2nc3ccccc3s2)CC1(C)C)[C@@H](O)CNS(=O)(=O)c1ccccn1.CCCC[C@H](NC(=O)O[C@@H]1CN(c2nc3ccccc3s2)CC1(C)C)[C@H](O)CNS(=O)(=O)c1ccccn1. The van der Waals surface area contributed by atoms with Gasteiger partial charge in [0.1, 0.15) is 12.2 Å². The molecule has 0 unspecified atom stereocenters. The number of hydrogen-bond acceptors (Lipinski definition) is 18. The molecule has 2 aliphatic heterocycles. The third kappa shape index (κ3) is 15.3. The Morgan fingerprint density at radius 1 is 0.632 bits per heavy atom. The average Bonchev–Trinajstić information content (AvgIpc) is 4.18. The highest BCUT2D eigenvalue weighted by Gasteiger charge is 2.45. The number of alkyl carbamates (subject to hydrolysis) is 2. The van der Waals surface area contributed by atoms with E-state index in [4.69, 9.17) is 19.4 Å². The smallest absolute Gasteiger partial charge is 0.407 e. The van der Waals surface area contributed by atoms with Gasteiger partial charge in [-0.05, 0) is 61.4 Å². The van der Waals surface area contributed by atoms with E-state index in [1.165, 1.54) is 24.5 Å². The average molecular weight is 1120 g/mol. The summed E-state index contributed by atoms with van der Waals surface area (Å²) in [6.45, 7) is 14.0. The second-order valence-electron chi connectivity index (χ2n) is 20.4. The number of benzene rings is 2. The van der Waals surface area contributed by atoms with E-state index in [1.807, 2.05) is 90.1 Å². The second-order valence-corrected chi connectivity index (χ2v) is 25.9. The molecular formula is C52H70N10O10S4. The molecule has 0 bridgehead atoms. The number of sulfonamides is 2. The van der Waals surface area contributed by atoms with Crippen LogP contribution in [0.2, 0.25) is 0 Å². The topological polar surface area (TPSA) is 267 Å². The van der Waals surface area contributed by atoms with Crippen LogP contribution in [0.1, 0.15) is 80.1 Å². The Labute approximate surface area is 453 Å². The zero-order valence-electron chi connectivity index (χ0n) is 43.7. The van der Waals surface area contributed by atoms with Gasteiger partial charge in [-0.2, -0.15) is 0 Å². The van der Waals surface area contributed by atoms with Gasteiger partial charge in [0, 0.05) is 49.4 Å². The van der Waals surface area contributed by atoms with Crippen LogP contribution in [-0.4, -0.2) is 135 Å². The zero-order chi connectivity index (χ0) is 54.7. The molecule has 2 fully saturated rings. The lowest BCUT2D eigenvalue weighted by Crippen LogP contribution is -2.49. The molecule has 24 heteroatoms. The number of anilines is 2. The largest absolute Gasteiger partial charge is 0.444 e. The summed E-state index contributed by atoms with van der Waals surface area (Å²) in [4.78, 5) is 47.3. The van der Waals surface area contributed by atoms with Gasteiger partial charge in [-0.15, -0.1) is 0 Å². The molecule has 6 N–H and O–H groups in total. The minimum atomic E-state index is -3.89. The van der Waals surface area contributed by atoms with E-state index in [-0.39, 0.29) is 46.2 Å². The lowest BCUT2D eigenvalue weighted by atomic mass is 9.90. The number of aromatic nitrogens is 4. The number of pyridine rings is 2. The van der Waals surface area contributed by atoms with E-state index in [1.54, 1.807) is 46.9 Å². The molecule has 0 aliphatic carbocycles. The molecule has 4 aromatic heterocycles. The number of ether oxygens (including phenoxy) is 2. The Bertz CT molecular complexity index is 2800. The Hall–Kier alpha value is -5.60. The van der Waals surface area contributed by atoms with E-state index in [2.05, 4.69) is 39.8 Å². The number of nitrogens with zero attached hydrogens (tertiary/aromatic N) is 6. The first-order valence-electron chi connectivity index (χ1n) is 25.5. The Balaban J connectivity index is 0.000000221. The van der Waals surface area contributed by atoms with Gasteiger partial charge in [-0.1, -0.05) is 126 Å². The third-order valence-electron chi connectivity index (χ3n) is 13.4. The number of fused-ring (bicyclic) bond motifs is 2. The van der Waals surface area contributed by atoms with Crippen LogP contribution in [0, 0.1) is 10.8 Å². The number of thiazole rings is 2. The molecule has 8 rings (SSSR count).